The molecule has 2 unspecified atom stereocenters. The first-order chi connectivity index (χ1) is 11.7. The zero-order valence-corrected chi connectivity index (χ0v) is 15.1. The van der Waals surface area contributed by atoms with E-state index in [0.29, 0.717) is 6.42 Å². The van der Waals surface area contributed by atoms with E-state index >= 15 is 0 Å². The van der Waals surface area contributed by atoms with E-state index in [2.05, 4.69) is 4.74 Å². The second kappa shape index (κ2) is 7.40. The molecule has 1 aliphatic rings. The van der Waals surface area contributed by atoms with E-state index < -0.39 is 27.9 Å². The smallest absolute Gasteiger partial charge is 0.337 e. The van der Waals surface area contributed by atoms with Crippen LogP contribution < -0.4 is 4.74 Å². The molecule has 1 N–H and O–H groups in total. The molecule has 0 spiro atoms. The molecule has 0 bridgehead atoms. The predicted octanol–water partition coefficient (Wildman–Crippen LogP) is 1.21. The molecule has 8 nitrogen and oxygen atoms in total. The van der Waals surface area contributed by atoms with E-state index in [-0.39, 0.29) is 35.2 Å². The number of hydrogen-bond donors (Lipinski definition) is 1. The molecule has 0 aromatic heterocycles. The van der Waals surface area contributed by atoms with E-state index in [9.17, 15) is 23.1 Å². The van der Waals surface area contributed by atoms with Crippen molar-refractivity contribution < 1.29 is 32.6 Å². The van der Waals surface area contributed by atoms with Crippen LogP contribution >= 0.6 is 0 Å². The molecule has 0 amide bonds. The number of piperidine rings is 1. The highest BCUT2D eigenvalue weighted by molar-refractivity contribution is 7.89. The highest BCUT2D eigenvalue weighted by Gasteiger charge is 2.37. The Morgan fingerprint density at radius 3 is 2.48 bits per heavy atom. The molecule has 9 heteroatoms. The number of carboxylic acid groups (broad SMARTS) is 1. The van der Waals surface area contributed by atoms with E-state index in [1.165, 1.54) is 32.4 Å². The Morgan fingerprint density at radius 1 is 1.24 bits per heavy atom. The monoisotopic (exact) mass is 371 g/mol. The van der Waals surface area contributed by atoms with Crippen molar-refractivity contribution >= 4 is 22.0 Å². The van der Waals surface area contributed by atoms with Crippen molar-refractivity contribution in [1.82, 2.24) is 4.31 Å². The molecule has 2 rings (SSSR count). The SMILES string of the molecule is COC(=O)c1ccc(OC)c(S(=O)(=O)N2CC(C)CC(C(=O)O)C2)c1. The molecular formula is C16H21NO7S. The van der Waals surface area contributed by atoms with Crippen molar-refractivity contribution in [2.45, 2.75) is 18.2 Å². The van der Waals surface area contributed by atoms with Gasteiger partial charge in [0.1, 0.15) is 10.6 Å². The molecule has 1 saturated heterocycles. The quantitative estimate of drug-likeness (QED) is 0.775. The van der Waals surface area contributed by atoms with Gasteiger partial charge in [-0.1, -0.05) is 6.92 Å². The molecular weight excluding hydrogens is 350 g/mol. The number of carboxylic acids is 1. The molecule has 0 radical (unpaired) electrons. The van der Waals surface area contributed by atoms with Gasteiger partial charge in [-0.15, -0.1) is 0 Å². The molecule has 25 heavy (non-hydrogen) atoms. The molecule has 0 aliphatic carbocycles. The van der Waals surface area contributed by atoms with Crippen LogP contribution in [0.2, 0.25) is 0 Å². The summed E-state index contributed by atoms with van der Waals surface area (Å²) < 4.78 is 37.0. The van der Waals surface area contributed by atoms with Gasteiger partial charge in [-0.05, 0) is 30.5 Å². The lowest BCUT2D eigenvalue weighted by Gasteiger charge is -2.34. The summed E-state index contributed by atoms with van der Waals surface area (Å²) in [5, 5.41) is 9.25. The Balaban J connectivity index is 2.47. The van der Waals surface area contributed by atoms with E-state index in [0.717, 1.165) is 4.31 Å². The van der Waals surface area contributed by atoms with Crippen molar-refractivity contribution in [3.8, 4) is 5.75 Å². The number of carbonyl (C=O) groups is 2. The number of aliphatic carboxylic acids is 1. The maximum absolute atomic E-state index is 13.0. The first kappa shape index (κ1) is 19.2. The molecule has 2 atom stereocenters. The number of methoxy groups -OCH3 is 2. The van der Waals surface area contributed by atoms with Crippen molar-refractivity contribution in [2.24, 2.45) is 11.8 Å². The lowest BCUT2D eigenvalue weighted by Crippen LogP contribution is -2.45. The average molecular weight is 371 g/mol. The Morgan fingerprint density at radius 2 is 1.92 bits per heavy atom. The van der Waals surface area contributed by atoms with Crippen LogP contribution in [-0.2, 0) is 19.6 Å². The third kappa shape index (κ3) is 3.93. The highest BCUT2D eigenvalue weighted by Crippen LogP contribution is 2.32. The van der Waals surface area contributed by atoms with Crippen LogP contribution in [0.4, 0.5) is 0 Å². The fourth-order valence-electron chi connectivity index (χ4n) is 2.94. The van der Waals surface area contributed by atoms with E-state index in [1.54, 1.807) is 6.92 Å². The standard InChI is InChI=1S/C16H21NO7S/c1-10-6-12(15(18)19)9-17(8-10)25(21,22)14-7-11(16(20)24-3)4-5-13(14)23-2/h4-5,7,10,12H,6,8-9H2,1-3H3,(H,18,19). The summed E-state index contributed by atoms with van der Waals surface area (Å²) >= 11 is 0. The predicted molar refractivity (Wildman–Crippen MR) is 88.0 cm³/mol. The van der Waals surface area contributed by atoms with E-state index in [1.807, 2.05) is 0 Å². The van der Waals surface area contributed by atoms with Gasteiger partial charge in [0.05, 0.1) is 25.7 Å². The summed E-state index contributed by atoms with van der Waals surface area (Å²) in [6.45, 7) is 1.89. The van der Waals surface area contributed by atoms with Crippen molar-refractivity contribution in [3.63, 3.8) is 0 Å². The summed E-state index contributed by atoms with van der Waals surface area (Å²) in [4.78, 5) is 22.8. The number of sulfonamides is 1. The van der Waals surface area contributed by atoms with Crippen LogP contribution in [0, 0.1) is 11.8 Å². The van der Waals surface area contributed by atoms with Gasteiger partial charge in [0.25, 0.3) is 0 Å². The maximum Gasteiger partial charge on any atom is 0.337 e. The lowest BCUT2D eigenvalue weighted by atomic mass is 9.92. The Kier molecular flexibility index (Phi) is 5.69. The number of nitrogens with zero attached hydrogens (tertiary/aromatic N) is 1. The molecule has 1 aliphatic heterocycles. The fourth-order valence-corrected chi connectivity index (χ4v) is 4.73. The number of rotatable bonds is 5. The summed E-state index contributed by atoms with van der Waals surface area (Å²) in [7, 11) is -1.51. The summed E-state index contributed by atoms with van der Waals surface area (Å²) in [5.74, 6) is -2.48. The number of carbonyl (C=O) groups excluding carboxylic acids is 1. The zero-order chi connectivity index (χ0) is 18.8. The van der Waals surface area contributed by atoms with Gasteiger partial charge in [-0.3, -0.25) is 4.79 Å². The van der Waals surface area contributed by atoms with Gasteiger partial charge in [0.15, 0.2) is 0 Å². The molecule has 0 saturated carbocycles. The van der Waals surface area contributed by atoms with Gasteiger partial charge >= 0.3 is 11.9 Å². The fraction of sp³-hybridized carbons (Fsp3) is 0.500. The third-order valence-corrected chi connectivity index (χ3v) is 6.03. The van der Waals surface area contributed by atoms with Gasteiger partial charge in [0, 0.05) is 13.1 Å². The minimum Gasteiger partial charge on any atom is -0.495 e. The minimum absolute atomic E-state index is 0.0710. The second-order valence-electron chi connectivity index (χ2n) is 6.06. The minimum atomic E-state index is -4.03. The first-order valence-electron chi connectivity index (χ1n) is 7.70. The summed E-state index contributed by atoms with van der Waals surface area (Å²) in [6, 6.07) is 3.97. The van der Waals surface area contributed by atoms with Gasteiger partial charge in [-0.2, -0.15) is 4.31 Å². The zero-order valence-electron chi connectivity index (χ0n) is 14.3. The third-order valence-electron chi connectivity index (χ3n) is 4.18. The maximum atomic E-state index is 13.0. The number of esters is 1. The Hall–Kier alpha value is -2.13. The van der Waals surface area contributed by atoms with Crippen LogP contribution in [0.5, 0.6) is 5.75 Å². The normalized spacial score (nSPS) is 21.6. The molecule has 1 fully saturated rings. The topological polar surface area (TPSA) is 110 Å². The molecule has 138 valence electrons. The van der Waals surface area contributed by atoms with Crippen LogP contribution in [0.15, 0.2) is 23.1 Å². The van der Waals surface area contributed by atoms with E-state index in [4.69, 9.17) is 4.74 Å². The summed E-state index contributed by atoms with van der Waals surface area (Å²) in [5.41, 5.74) is 0.0710. The average Bonchev–Trinajstić information content (AvgIpc) is 2.59. The van der Waals surface area contributed by atoms with Gasteiger partial charge in [-0.25, -0.2) is 13.2 Å². The van der Waals surface area contributed by atoms with Crippen LogP contribution in [0.3, 0.4) is 0 Å². The Bertz CT molecular complexity index is 775. The van der Waals surface area contributed by atoms with Crippen molar-refractivity contribution in [1.29, 1.82) is 0 Å². The van der Waals surface area contributed by atoms with Crippen molar-refractivity contribution in [3.05, 3.63) is 23.8 Å². The summed E-state index contributed by atoms with van der Waals surface area (Å²) in [6.07, 6.45) is 0.417. The van der Waals surface area contributed by atoms with Gasteiger partial charge in [0.2, 0.25) is 10.0 Å². The van der Waals surface area contributed by atoms with Crippen LogP contribution in [0.1, 0.15) is 23.7 Å². The highest BCUT2D eigenvalue weighted by atomic mass is 32.2. The molecule has 1 heterocycles. The van der Waals surface area contributed by atoms with Crippen LogP contribution in [-0.4, -0.2) is 57.1 Å². The molecule has 1 aromatic carbocycles. The number of hydrogen-bond acceptors (Lipinski definition) is 6. The Labute approximate surface area is 146 Å². The van der Waals surface area contributed by atoms with Crippen LogP contribution in [0.25, 0.3) is 0 Å². The first-order valence-corrected chi connectivity index (χ1v) is 9.14. The molecule has 1 aromatic rings. The lowest BCUT2D eigenvalue weighted by molar-refractivity contribution is -0.143. The number of ether oxygens (including phenoxy) is 2. The largest absolute Gasteiger partial charge is 0.495 e. The van der Waals surface area contributed by atoms with Crippen molar-refractivity contribution in [2.75, 3.05) is 27.3 Å². The second-order valence-corrected chi connectivity index (χ2v) is 7.96. The number of benzene rings is 1. The van der Waals surface area contributed by atoms with Gasteiger partial charge < -0.3 is 14.6 Å².